The Kier molecular flexibility index (Phi) is 6.14. The summed E-state index contributed by atoms with van der Waals surface area (Å²) in [5, 5.41) is 3.33. The third-order valence-electron chi connectivity index (χ3n) is 6.78. The SMILES string of the molecule is C[C@@H]1CCN(S(=O)(=O)c2ccc(Oc3ccccn3)cc2)CC1N(C)c1ccnc2c1CCN2. The van der Waals surface area contributed by atoms with Crippen LogP contribution in [0.4, 0.5) is 11.5 Å². The number of benzene rings is 1. The number of ether oxygens (including phenoxy) is 1. The van der Waals surface area contributed by atoms with Gasteiger partial charge in [0.2, 0.25) is 15.9 Å². The van der Waals surface area contributed by atoms with Crippen molar-refractivity contribution in [3.63, 3.8) is 0 Å². The topological polar surface area (TPSA) is 87.7 Å². The molecule has 0 aliphatic carbocycles. The van der Waals surface area contributed by atoms with Gasteiger partial charge in [-0.15, -0.1) is 0 Å². The van der Waals surface area contributed by atoms with Crippen LogP contribution in [0.1, 0.15) is 18.9 Å². The second kappa shape index (κ2) is 9.23. The molecule has 2 atom stereocenters. The zero-order chi connectivity index (χ0) is 23.7. The van der Waals surface area contributed by atoms with E-state index in [4.69, 9.17) is 4.74 Å². The third-order valence-corrected chi connectivity index (χ3v) is 8.66. The molecular formula is C25H29N5O3S. The van der Waals surface area contributed by atoms with E-state index in [9.17, 15) is 8.42 Å². The number of nitrogens with zero attached hydrogens (tertiary/aromatic N) is 4. The number of aromatic nitrogens is 2. The predicted octanol–water partition coefficient (Wildman–Crippen LogP) is 3.77. The molecule has 2 aliphatic heterocycles. The Hall–Kier alpha value is -3.17. The number of pyridine rings is 2. The molecule has 1 unspecified atom stereocenters. The molecule has 0 radical (unpaired) electrons. The Bertz CT molecular complexity index is 1250. The van der Waals surface area contributed by atoms with Gasteiger partial charge in [0.15, 0.2) is 0 Å². The van der Waals surface area contributed by atoms with E-state index in [0.29, 0.717) is 30.6 Å². The van der Waals surface area contributed by atoms with Crippen molar-refractivity contribution in [1.29, 1.82) is 0 Å². The number of nitrogens with one attached hydrogen (secondary N) is 1. The Morgan fingerprint density at radius 2 is 1.91 bits per heavy atom. The molecule has 1 saturated heterocycles. The summed E-state index contributed by atoms with van der Waals surface area (Å²) in [6, 6.07) is 14.1. The molecule has 34 heavy (non-hydrogen) atoms. The summed E-state index contributed by atoms with van der Waals surface area (Å²) < 4.78 is 34.3. The second-order valence-corrected chi connectivity index (χ2v) is 10.8. The highest BCUT2D eigenvalue weighted by Crippen LogP contribution is 2.34. The van der Waals surface area contributed by atoms with E-state index in [1.165, 1.54) is 5.56 Å². The lowest BCUT2D eigenvalue weighted by Gasteiger charge is -2.42. The average Bonchev–Trinajstić information content (AvgIpc) is 3.34. The molecule has 0 saturated carbocycles. The van der Waals surface area contributed by atoms with E-state index in [1.54, 1.807) is 40.8 Å². The number of fused-ring (bicyclic) bond motifs is 1. The lowest BCUT2D eigenvalue weighted by molar-refractivity contribution is 0.247. The van der Waals surface area contributed by atoms with Gasteiger partial charge in [-0.05, 0) is 55.2 Å². The van der Waals surface area contributed by atoms with Gasteiger partial charge < -0.3 is 15.0 Å². The largest absolute Gasteiger partial charge is 0.439 e. The van der Waals surface area contributed by atoms with Crippen molar-refractivity contribution in [2.45, 2.75) is 30.7 Å². The minimum atomic E-state index is -3.62. The summed E-state index contributed by atoms with van der Waals surface area (Å²) in [5.41, 5.74) is 2.34. The lowest BCUT2D eigenvalue weighted by Crippen LogP contribution is -2.52. The Balaban J connectivity index is 1.34. The lowest BCUT2D eigenvalue weighted by atomic mass is 9.93. The fourth-order valence-corrected chi connectivity index (χ4v) is 6.27. The maximum atomic E-state index is 13.5. The number of sulfonamides is 1. The van der Waals surface area contributed by atoms with E-state index >= 15 is 0 Å². The molecule has 3 aromatic rings. The van der Waals surface area contributed by atoms with E-state index in [2.05, 4.69) is 34.2 Å². The number of likely N-dealkylation sites (N-methyl/N-ethyl adjacent to an activating group) is 1. The van der Waals surface area contributed by atoms with Crippen LogP contribution in [-0.4, -0.2) is 55.4 Å². The number of hydrogen-bond acceptors (Lipinski definition) is 7. The molecular weight excluding hydrogens is 450 g/mol. The van der Waals surface area contributed by atoms with Crippen LogP contribution in [0, 0.1) is 5.92 Å². The summed E-state index contributed by atoms with van der Waals surface area (Å²) in [6.07, 6.45) is 5.20. The first-order valence-corrected chi connectivity index (χ1v) is 13.0. The molecule has 4 heterocycles. The van der Waals surface area contributed by atoms with Crippen LogP contribution < -0.4 is 15.0 Å². The minimum absolute atomic E-state index is 0.0717. The molecule has 0 bridgehead atoms. The molecule has 0 amide bonds. The predicted molar refractivity (Wildman–Crippen MR) is 132 cm³/mol. The average molecular weight is 480 g/mol. The van der Waals surface area contributed by atoms with E-state index in [0.717, 1.165) is 30.9 Å². The first-order valence-electron chi connectivity index (χ1n) is 11.6. The van der Waals surface area contributed by atoms with Crippen molar-refractivity contribution < 1.29 is 13.2 Å². The van der Waals surface area contributed by atoms with Crippen LogP contribution in [0.3, 0.4) is 0 Å². The summed E-state index contributed by atoms with van der Waals surface area (Å²) in [7, 11) is -1.56. The first kappa shape index (κ1) is 22.6. The number of hydrogen-bond donors (Lipinski definition) is 1. The summed E-state index contributed by atoms with van der Waals surface area (Å²) in [5.74, 6) is 2.31. The van der Waals surface area contributed by atoms with Gasteiger partial charge in [0.1, 0.15) is 11.6 Å². The monoisotopic (exact) mass is 479 g/mol. The molecule has 9 heteroatoms. The molecule has 1 fully saturated rings. The summed E-state index contributed by atoms with van der Waals surface area (Å²) in [4.78, 5) is 11.1. The standard InChI is InChI=1S/C25H29N5O3S/c1-18-12-16-30(17-23(18)29(2)22-11-15-28-25-21(22)10-14-27-25)34(31,32)20-8-6-19(7-9-20)33-24-5-3-4-13-26-24/h3-9,11,13,15,18,23H,10,12,14,16-17H2,1-2H3,(H,27,28)/t18-,23?/m1/s1. The van der Waals surface area contributed by atoms with Gasteiger partial charge in [0.05, 0.1) is 4.90 Å². The maximum Gasteiger partial charge on any atom is 0.243 e. The second-order valence-electron chi connectivity index (χ2n) is 8.88. The van der Waals surface area contributed by atoms with Gasteiger partial charge in [0.25, 0.3) is 0 Å². The summed E-state index contributed by atoms with van der Waals surface area (Å²) >= 11 is 0. The van der Waals surface area contributed by atoms with Gasteiger partial charge >= 0.3 is 0 Å². The summed E-state index contributed by atoms with van der Waals surface area (Å²) in [6.45, 7) is 4.04. The van der Waals surface area contributed by atoms with Gasteiger partial charge in [-0.3, -0.25) is 0 Å². The highest BCUT2D eigenvalue weighted by Gasteiger charge is 2.36. The van der Waals surface area contributed by atoms with Crippen molar-refractivity contribution in [1.82, 2.24) is 14.3 Å². The molecule has 0 spiro atoms. The highest BCUT2D eigenvalue weighted by atomic mass is 32.2. The molecule has 5 rings (SSSR count). The normalized spacial score (nSPS) is 20.4. The van der Waals surface area contributed by atoms with Gasteiger partial charge in [-0.1, -0.05) is 13.0 Å². The van der Waals surface area contributed by atoms with Crippen molar-refractivity contribution in [2.75, 3.05) is 36.9 Å². The van der Waals surface area contributed by atoms with Crippen LogP contribution in [0.2, 0.25) is 0 Å². The van der Waals surface area contributed by atoms with Gasteiger partial charge in [0, 0.05) is 62.4 Å². The smallest absolute Gasteiger partial charge is 0.243 e. The minimum Gasteiger partial charge on any atom is -0.439 e. The van der Waals surface area contributed by atoms with Crippen molar-refractivity contribution >= 4 is 21.5 Å². The van der Waals surface area contributed by atoms with Crippen LogP contribution >= 0.6 is 0 Å². The Morgan fingerprint density at radius 3 is 2.68 bits per heavy atom. The maximum absolute atomic E-state index is 13.5. The fourth-order valence-electron chi connectivity index (χ4n) is 4.80. The fraction of sp³-hybridized carbons (Fsp3) is 0.360. The van der Waals surface area contributed by atoms with Crippen LogP contribution in [0.15, 0.2) is 65.8 Å². The van der Waals surface area contributed by atoms with E-state index < -0.39 is 10.0 Å². The van der Waals surface area contributed by atoms with Crippen molar-refractivity contribution in [3.8, 4) is 11.6 Å². The quantitative estimate of drug-likeness (QED) is 0.576. The molecule has 178 valence electrons. The first-order chi connectivity index (χ1) is 16.4. The number of piperidine rings is 1. The zero-order valence-electron chi connectivity index (χ0n) is 19.4. The zero-order valence-corrected chi connectivity index (χ0v) is 20.2. The molecule has 1 N–H and O–H groups in total. The number of rotatable bonds is 6. The van der Waals surface area contributed by atoms with Crippen LogP contribution in [0.25, 0.3) is 0 Å². The van der Waals surface area contributed by atoms with Gasteiger partial charge in [-0.25, -0.2) is 18.4 Å². The molecule has 8 nitrogen and oxygen atoms in total. The third kappa shape index (κ3) is 4.33. The van der Waals surface area contributed by atoms with E-state index in [-0.39, 0.29) is 10.9 Å². The Labute approximate surface area is 200 Å². The van der Waals surface area contributed by atoms with Crippen molar-refractivity contribution in [3.05, 3.63) is 66.5 Å². The van der Waals surface area contributed by atoms with Gasteiger partial charge in [-0.2, -0.15) is 4.31 Å². The highest BCUT2D eigenvalue weighted by molar-refractivity contribution is 7.89. The Morgan fingerprint density at radius 1 is 1.09 bits per heavy atom. The van der Waals surface area contributed by atoms with Crippen LogP contribution in [-0.2, 0) is 16.4 Å². The van der Waals surface area contributed by atoms with Crippen molar-refractivity contribution in [2.24, 2.45) is 5.92 Å². The molecule has 2 aliphatic rings. The molecule has 2 aromatic heterocycles. The molecule has 1 aromatic carbocycles. The van der Waals surface area contributed by atoms with Crippen LogP contribution in [0.5, 0.6) is 11.6 Å². The van der Waals surface area contributed by atoms with E-state index in [1.807, 2.05) is 24.4 Å². The number of anilines is 2.